The van der Waals surface area contributed by atoms with Crippen LogP contribution in [-0.2, 0) is 29.3 Å². The van der Waals surface area contributed by atoms with E-state index in [1.54, 1.807) is 4.70 Å². The second kappa shape index (κ2) is 67.6. The van der Waals surface area contributed by atoms with E-state index in [2.05, 4.69) is 116 Å². The summed E-state index contributed by atoms with van der Waals surface area (Å²) in [7, 11) is 0. The summed E-state index contributed by atoms with van der Waals surface area (Å²) < 4.78 is 1.55. The van der Waals surface area contributed by atoms with Crippen LogP contribution in [0, 0.1) is 13.8 Å². The fraction of sp³-hybridized carbons (Fsp3) is 0.765. The molecular weight excluding hydrogens is 1110 g/mol. The topological polar surface area (TPSA) is 25.3 Å². The SMILES string of the molecule is CCCCCCCCCCCCCCCCCCCCCCC=CC1=C(c2ccc(CCCC)cc2)[N+](=[N-])C(c2ccc(CCCCCCCCCCCCCCCCCCCCCCC)cc2)=C1CCCC.[CH2-]CCCCCC.[CH2-]CCCCCC.[Ni+2]. The average Bonchev–Trinajstić information content (AvgIpc) is 1.90. The second-order valence-corrected chi connectivity index (χ2v) is 27.1. The van der Waals surface area contributed by atoms with Gasteiger partial charge in [-0.15, -0.1) is 0 Å². The molecule has 0 N–H and O–H groups in total. The summed E-state index contributed by atoms with van der Waals surface area (Å²) in [6, 6.07) is 18.3. The fourth-order valence-corrected chi connectivity index (χ4v) is 12.7. The number of benzene rings is 2. The minimum atomic E-state index is 0. The van der Waals surface area contributed by atoms with Crippen molar-refractivity contribution >= 4 is 11.4 Å². The molecule has 1 aliphatic heterocycles. The number of rotatable bonds is 60. The molecule has 0 fully saturated rings. The Morgan fingerprint density at radius 2 is 0.545 bits per heavy atom. The maximum absolute atomic E-state index is 12.2. The molecule has 2 aromatic rings. The third-order valence-corrected chi connectivity index (χ3v) is 18.6. The van der Waals surface area contributed by atoms with Crippen LogP contribution in [-0.4, -0.2) is 4.70 Å². The Bertz CT molecular complexity index is 1830. The standard InChI is InChI=1S/C71H120N2.2C7H15.Ni/c1-5-9-13-15-17-19-21-23-25-27-29-31-33-35-37-39-41-43-45-47-49-51-55-69-68(54-12-8-4)70(73(72)71(69)67-60-56-64(57-61-67)52-11-7-3)66-62-58-65(59-63-66)53-50-48-46-44-42-40-38-36-34-32-30-28-26-24-22-20-18-16-14-10-6-2;2*1-3-5-7-6-4-2;/h51,55-63H,5-50,52-54H2,1-4H3;2*1,3-7H2,2H3;/q;2*-1;+2. The molecule has 2 aromatic carbocycles. The number of unbranched alkanes of at least 4 members (excludes halogenated alkanes) is 50. The number of aryl methyl sites for hydroxylation is 2. The quantitative estimate of drug-likeness (QED) is 0.0273. The average molecular weight is 1260 g/mol. The van der Waals surface area contributed by atoms with E-state index in [9.17, 15) is 5.53 Å². The number of hydrogen-bond donors (Lipinski definition) is 0. The van der Waals surface area contributed by atoms with E-state index in [0.717, 1.165) is 73.9 Å². The fourth-order valence-electron chi connectivity index (χ4n) is 12.7. The zero-order chi connectivity index (χ0) is 63.0. The van der Waals surface area contributed by atoms with Crippen molar-refractivity contribution in [1.82, 2.24) is 0 Å². The molecule has 0 saturated heterocycles. The van der Waals surface area contributed by atoms with E-state index in [0.29, 0.717) is 0 Å². The Morgan fingerprint density at radius 1 is 0.295 bits per heavy atom. The van der Waals surface area contributed by atoms with Gasteiger partial charge in [-0.25, -0.2) is 4.70 Å². The molecule has 0 saturated carbocycles. The monoisotopic (exact) mass is 1260 g/mol. The van der Waals surface area contributed by atoms with Crippen molar-refractivity contribution in [1.29, 1.82) is 0 Å². The van der Waals surface area contributed by atoms with Gasteiger partial charge >= 0.3 is 16.5 Å². The summed E-state index contributed by atoms with van der Waals surface area (Å²) in [6.07, 6.45) is 85.1. The first-order valence-corrected chi connectivity index (χ1v) is 39.4. The molecule has 0 bridgehead atoms. The number of hydrogen-bond acceptors (Lipinski definition) is 0. The van der Waals surface area contributed by atoms with Crippen LogP contribution in [0.25, 0.3) is 16.9 Å². The molecule has 0 unspecified atom stereocenters. The van der Waals surface area contributed by atoms with Crippen molar-refractivity contribution in [3.63, 3.8) is 0 Å². The minimum Gasteiger partial charge on any atom is -0.493 e. The normalized spacial score (nSPS) is 12.3. The number of nitrogens with zero attached hydrogens (tertiary/aromatic N) is 2. The summed E-state index contributed by atoms with van der Waals surface area (Å²) >= 11 is 0. The van der Waals surface area contributed by atoms with Gasteiger partial charge in [0.15, 0.2) is 0 Å². The van der Waals surface area contributed by atoms with E-state index in [-0.39, 0.29) is 16.5 Å². The van der Waals surface area contributed by atoms with Crippen molar-refractivity contribution in [2.75, 3.05) is 0 Å². The Hall–Kier alpha value is -2.25. The van der Waals surface area contributed by atoms with Gasteiger partial charge in [-0.2, -0.15) is 12.8 Å². The predicted molar refractivity (Wildman–Crippen MR) is 395 cm³/mol. The predicted octanol–water partition coefficient (Wildman–Crippen LogP) is 30.5. The van der Waals surface area contributed by atoms with Crippen LogP contribution < -0.4 is 0 Å². The largest absolute Gasteiger partial charge is 2.00 e. The van der Waals surface area contributed by atoms with Gasteiger partial charge in [-0.3, -0.25) is 0 Å². The van der Waals surface area contributed by atoms with Crippen LogP contribution in [0.2, 0.25) is 0 Å². The molecule has 0 radical (unpaired) electrons. The van der Waals surface area contributed by atoms with Crippen molar-refractivity contribution in [2.45, 2.75) is 420 Å². The van der Waals surface area contributed by atoms with E-state index in [1.807, 2.05) is 0 Å². The third-order valence-electron chi connectivity index (χ3n) is 18.6. The van der Waals surface area contributed by atoms with Crippen molar-refractivity contribution in [3.8, 4) is 0 Å². The minimum absolute atomic E-state index is 0. The summed E-state index contributed by atoms with van der Waals surface area (Å²) in [5.74, 6) is 0. The zero-order valence-electron chi connectivity index (χ0n) is 60.1. The molecule has 0 atom stereocenters. The van der Waals surface area contributed by atoms with Crippen molar-refractivity contribution in [3.05, 3.63) is 113 Å². The molecule has 3 rings (SSSR count). The van der Waals surface area contributed by atoms with Gasteiger partial charge in [-0.05, 0) is 86.8 Å². The molecule has 88 heavy (non-hydrogen) atoms. The van der Waals surface area contributed by atoms with E-state index >= 15 is 0 Å². The molecular formula is C85H150N2Ni. The number of allylic oxidation sites excluding steroid dienone is 4. The van der Waals surface area contributed by atoms with Crippen LogP contribution in [0.5, 0.6) is 0 Å². The third kappa shape index (κ3) is 48.5. The molecule has 0 aromatic heterocycles. The van der Waals surface area contributed by atoms with E-state index < -0.39 is 0 Å². The molecule has 510 valence electrons. The molecule has 1 aliphatic rings. The van der Waals surface area contributed by atoms with Crippen LogP contribution in [0.3, 0.4) is 0 Å². The van der Waals surface area contributed by atoms with Crippen LogP contribution in [0.15, 0.2) is 71.8 Å². The molecule has 3 heteroatoms. The van der Waals surface area contributed by atoms with Gasteiger partial charge in [0.1, 0.15) is 0 Å². The van der Waals surface area contributed by atoms with Gasteiger partial charge < -0.3 is 19.4 Å². The van der Waals surface area contributed by atoms with Gasteiger partial charge in [0.2, 0.25) is 11.4 Å². The van der Waals surface area contributed by atoms with E-state index in [1.165, 1.54) is 350 Å². The van der Waals surface area contributed by atoms with Gasteiger partial charge in [0.25, 0.3) is 0 Å². The first kappa shape index (κ1) is 85.8. The molecule has 1 heterocycles. The summed E-state index contributed by atoms with van der Waals surface area (Å²) in [6.45, 7) is 21.1. The van der Waals surface area contributed by atoms with Gasteiger partial charge in [0.05, 0.1) is 5.57 Å². The Morgan fingerprint density at radius 3 is 0.852 bits per heavy atom. The van der Waals surface area contributed by atoms with Crippen molar-refractivity contribution in [2.24, 2.45) is 0 Å². The Labute approximate surface area is 563 Å². The van der Waals surface area contributed by atoms with Gasteiger partial charge in [0, 0.05) is 16.7 Å². The first-order chi connectivity index (χ1) is 43.0. The van der Waals surface area contributed by atoms with Gasteiger partial charge in [-0.1, -0.05) is 393 Å². The smallest absolute Gasteiger partial charge is 0.493 e. The Balaban J connectivity index is 0.00000448. The summed E-state index contributed by atoms with van der Waals surface area (Å²) in [5.41, 5.74) is 21.7. The van der Waals surface area contributed by atoms with Crippen LogP contribution >= 0.6 is 0 Å². The molecule has 0 aliphatic carbocycles. The Kier molecular flexibility index (Phi) is 65.9. The molecule has 2 nitrogen and oxygen atoms in total. The maximum Gasteiger partial charge on any atom is 2.00 e. The van der Waals surface area contributed by atoms with Crippen molar-refractivity contribution < 1.29 is 21.2 Å². The van der Waals surface area contributed by atoms with Crippen LogP contribution in [0.1, 0.15) is 430 Å². The second-order valence-electron chi connectivity index (χ2n) is 27.1. The summed E-state index contributed by atoms with van der Waals surface area (Å²) in [4.78, 5) is 0. The molecule has 0 spiro atoms. The van der Waals surface area contributed by atoms with E-state index in [4.69, 9.17) is 0 Å². The zero-order valence-corrected chi connectivity index (χ0v) is 61.1. The maximum atomic E-state index is 12.2. The first-order valence-electron chi connectivity index (χ1n) is 39.4. The summed E-state index contributed by atoms with van der Waals surface area (Å²) in [5, 5.41) is 0. The molecule has 0 amide bonds. The van der Waals surface area contributed by atoms with Crippen LogP contribution in [0.4, 0.5) is 0 Å².